The lowest BCUT2D eigenvalue weighted by Crippen LogP contribution is -2.23. The second kappa shape index (κ2) is 3.77. The Morgan fingerprint density at radius 3 is 2.11 bits per heavy atom. The van der Waals surface area contributed by atoms with Crippen molar-refractivity contribution in [2.24, 2.45) is 5.92 Å². The fraction of sp³-hybridized carbons (Fsp3) is 0.833. The normalized spacial score (nSPS) is 9.89. The summed E-state index contributed by atoms with van der Waals surface area (Å²) in [7, 11) is 1.78. The minimum absolute atomic E-state index is 0.113. The number of hydrogen-bond donors (Lipinski definition) is 0. The molecule has 0 heterocycles. The third-order valence-corrected chi connectivity index (χ3v) is 1.81. The molecule has 54 valence electrons. The number of nitrogens with zero attached hydrogens (tertiary/aromatic N) is 1. The number of carbonyl (C=O) groups excluding carboxylic acids is 1. The average molecular weight is 147 g/mol. The van der Waals surface area contributed by atoms with E-state index in [1.54, 1.807) is 11.4 Å². The first-order valence-corrected chi connectivity index (χ1v) is 4.09. The zero-order valence-electron chi connectivity index (χ0n) is 6.34. The molecule has 2 nitrogen and oxygen atoms in total. The maximum atomic E-state index is 11.0. The highest BCUT2D eigenvalue weighted by Crippen LogP contribution is 2.06. The van der Waals surface area contributed by atoms with Crippen molar-refractivity contribution >= 4 is 17.9 Å². The molecule has 0 rings (SSSR count). The highest BCUT2D eigenvalue weighted by molar-refractivity contribution is 7.96. The predicted molar refractivity (Wildman–Crippen MR) is 41.1 cm³/mol. The van der Waals surface area contributed by atoms with Crippen LogP contribution < -0.4 is 0 Å². The van der Waals surface area contributed by atoms with E-state index >= 15 is 0 Å². The third-order valence-electron chi connectivity index (χ3n) is 1.08. The SMILES string of the molecule is CSN(C)C(=O)C(C)C. The van der Waals surface area contributed by atoms with Gasteiger partial charge in [-0.25, -0.2) is 0 Å². The fourth-order valence-electron chi connectivity index (χ4n) is 0.454. The van der Waals surface area contributed by atoms with Gasteiger partial charge in [-0.3, -0.25) is 9.10 Å². The molecule has 9 heavy (non-hydrogen) atoms. The molecule has 0 saturated carbocycles. The van der Waals surface area contributed by atoms with Crippen LogP contribution >= 0.6 is 11.9 Å². The van der Waals surface area contributed by atoms with Crippen LogP contribution in [0.3, 0.4) is 0 Å². The van der Waals surface area contributed by atoms with Gasteiger partial charge >= 0.3 is 0 Å². The summed E-state index contributed by atoms with van der Waals surface area (Å²) < 4.78 is 1.64. The summed E-state index contributed by atoms with van der Waals surface area (Å²) in [5.41, 5.74) is 0. The van der Waals surface area contributed by atoms with E-state index in [0.717, 1.165) is 0 Å². The van der Waals surface area contributed by atoms with Crippen molar-refractivity contribution in [1.82, 2.24) is 4.31 Å². The van der Waals surface area contributed by atoms with Gasteiger partial charge in [0.25, 0.3) is 0 Å². The monoisotopic (exact) mass is 147 g/mol. The van der Waals surface area contributed by atoms with Gasteiger partial charge in [0.1, 0.15) is 0 Å². The molecule has 0 aliphatic rings. The van der Waals surface area contributed by atoms with Gasteiger partial charge in [-0.2, -0.15) is 0 Å². The Hall–Kier alpha value is -0.180. The molecule has 0 fully saturated rings. The topological polar surface area (TPSA) is 20.3 Å². The van der Waals surface area contributed by atoms with Crippen molar-refractivity contribution in [3.8, 4) is 0 Å². The van der Waals surface area contributed by atoms with Gasteiger partial charge < -0.3 is 0 Å². The summed E-state index contributed by atoms with van der Waals surface area (Å²) in [6, 6.07) is 0. The van der Waals surface area contributed by atoms with Crippen LogP contribution in [-0.4, -0.2) is 23.5 Å². The lowest BCUT2D eigenvalue weighted by molar-refractivity contribution is -0.128. The number of rotatable bonds is 2. The van der Waals surface area contributed by atoms with Crippen molar-refractivity contribution < 1.29 is 4.79 Å². The molecule has 0 aromatic carbocycles. The number of hydrogen-bond acceptors (Lipinski definition) is 2. The lowest BCUT2D eigenvalue weighted by atomic mass is 10.2. The summed E-state index contributed by atoms with van der Waals surface area (Å²) in [5, 5.41) is 0. The molecule has 0 aromatic heterocycles. The van der Waals surface area contributed by atoms with Crippen LogP contribution in [0.15, 0.2) is 0 Å². The van der Waals surface area contributed by atoms with Crippen LogP contribution in [0.2, 0.25) is 0 Å². The molecule has 0 spiro atoms. The molecule has 0 N–H and O–H groups in total. The molecular weight excluding hydrogens is 134 g/mol. The van der Waals surface area contributed by atoms with Crippen molar-refractivity contribution in [1.29, 1.82) is 0 Å². The van der Waals surface area contributed by atoms with Crippen LogP contribution in [0.25, 0.3) is 0 Å². The fourth-order valence-corrected chi connectivity index (χ4v) is 0.844. The van der Waals surface area contributed by atoms with Gasteiger partial charge in [-0.15, -0.1) is 0 Å². The standard InChI is InChI=1S/C6H13NOS/c1-5(2)6(8)7(3)9-4/h5H,1-4H3. The van der Waals surface area contributed by atoms with Gasteiger partial charge in [0.05, 0.1) is 0 Å². The smallest absolute Gasteiger partial charge is 0.234 e. The largest absolute Gasteiger partial charge is 0.290 e. The Kier molecular flexibility index (Phi) is 3.70. The van der Waals surface area contributed by atoms with E-state index < -0.39 is 0 Å². The molecule has 0 bridgehead atoms. The molecule has 1 amide bonds. The molecule has 0 atom stereocenters. The number of carbonyl (C=O) groups is 1. The van der Waals surface area contributed by atoms with E-state index in [9.17, 15) is 4.79 Å². The molecule has 0 aliphatic heterocycles. The van der Waals surface area contributed by atoms with E-state index in [1.165, 1.54) is 11.9 Å². The zero-order valence-corrected chi connectivity index (χ0v) is 7.16. The van der Waals surface area contributed by atoms with Crippen molar-refractivity contribution in [2.45, 2.75) is 13.8 Å². The average Bonchev–Trinajstić information content (AvgIpc) is 1.84. The molecule has 0 unspecified atom stereocenters. The van der Waals surface area contributed by atoms with E-state index in [0.29, 0.717) is 0 Å². The van der Waals surface area contributed by atoms with Gasteiger partial charge in [0.2, 0.25) is 5.91 Å². The van der Waals surface area contributed by atoms with Crippen LogP contribution in [0, 0.1) is 5.92 Å². The van der Waals surface area contributed by atoms with Gasteiger partial charge in [0.15, 0.2) is 0 Å². The Morgan fingerprint density at radius 1 is 1.56 bits per heavy atom. The summed E-state index contributed by atoms with van der Waals surface area (Å²) in [6.07, 6.45) is 1.89. The summed E-state index contributed by atoms with van der Waals surface area (Å²) in [4.78, 5) is 11.0. The lowest BCUT2D eigenvalue weighted by Gasteiger charge is -2.14. The minimum Gasteiger partial charge on any atom is -0.290 e. The van der Waals surface area contributed by atoms with Crippen LogP contribution in [0.1, 0.15) is 13.8 Å². The molecule has 0 aromatic rings. The quantitative estimate of drug-likeness (QED) is 0.550. The summed E-state index contributed by atoms with van der Waals surface area (Å²) >= 11 is 1.44. The van der Waals surface area contributed by atoms with Crippen molar-refractivity contribution in [2.75, 3.05) is 13.3 Å². The Balaban J connectivity index is 3.73. The summed E-state index contributed by atoms with van der Waals surface area (Å²) in [6.45, 7) is 3.80. The van der Waals surface area contributed by atoms with Crippen molar-refractivity contribution in [3.63, 3.8) is 0 Å². The van der Waals surface area contributed by atoms with E-state index in [-0.39, 0.29) is 11.8 Å². The van der Waals surface area contributed by atoms with Crippen LogP contribution in [0.5, 0.6) is 0 Å². The molecule has 3 heteroatoms. The van der Waals surface area contributed by atoms with Gasteiger partial charge in [-0.05, 0) is 0 Å². The first-order valence-electron chi connectivity index (χ1n) is 2.91. The Labute approximate surface area is 60.7 Å². The second-order valence-corrected chi connectivity index (χ2v) is 3.09. The predicted octanol–water partition coefficient (Wildman–Crippen LogP) is 1.38. The first kappa shape index (κ1) is 8.82. The Bertz CT molecular complexity index is 103. The Morgan fingerprint density at radius 2 is 2.00 bits per heavy atom. The second-order valence-electron chi connectivity index (χ2n) is 2.17. The molecule has 0 saturated heterocycles. The highest BCUT2D eigenvalue weighted by atomic mass is 32.2. The van der Waals surface area contributed by atoms with Crippen molar-refractivity contribution in [3.05, 3.63) is 0 Å². The first-order chi connectivity index (χ1) is 4.09. The highest BCUT2D eigenvalue weighted by Gasteiger charge is 2.10. The third kappa shape index (κ3) is 2.75. The van der Waals surface area contributed by atoms with E-state index in [1.807, 2.05) is 20.1 Å². The van der Waals surface area contributed by atoms with Gasteiger partial charge in [-0.1, -0.05) is 25.8 Å². The van der Waals surface area contributed by atoms with Crippen LogP contribution in [-0.2, 0) is 4.79 Å². The van der Waals surface area contributed by atoms with Crippen LogP contribution in [0.4, 0.5) is 0 Å². The zero-order chi connectivity index (χ0) is 7.44. The minimum atomic E-state index is 0.113. The molecule has 0 radical (unpaired) electrons. The molecule has 0 aliphatic carbocycles. The maximum Gasteiger partial charge on any atom is 0.234 e. The number of amides is 1. The maximum absolute atomic E-state index is 11.0. The van der Waals surface area contributed by atoms with Gasteiger partial charge in [0, 0.05) is 19.2 Å². The molecular formula is C6H13NOS. The van der Waals surface area contributed by atoms with E-state index in [2.05, 4.69) is 0 Å². The van der Waals surface area contributed by atoms with E-state index in [4.69, 9.17) is 0 Å². The summed E-state index contributed by atoms with van der Waals surface area (Å²) in [5.74, 6) is 0.296.